The summed E-state index contributed by atoms with van der Waals surface area (Å²) in [5, 5.41) is 2.88. The summed E-state index contributed by atoms with van der Waals surface area (Å²) in [6, 6.07) is 24.1. The largest absolute Gasteiger partial charge is 0.482 e. The van der Waals surface area contributed by atoms with Crippen molar-refractivity contribution in [2.45, 2.75) is 6.54 Å². The molecule has 3 aromatic carbocycles. The molecule has 1 N–H and O–H groups in total. The molecule has 3 aromatic rings. The molecule has 5 nitrogen and oxygen atoms in total. The van der Waals surface area contributed by atoms with Crippen molar-refractivity contribution in [1.29, 1.82) is 0 Å². The fourth-order valence-corrected chi connectivity index (χ4v) is 3.01. The second-order valence-corrected chi connectivity index (χ2v) is 6.26. The van der Waals surface area contributed by atoms with Gasteiger partial charge in [0.15, 0.2) is 6.61 Å². The second kappa shape index (κ2) is 7.33. The van der Waals surface area contributed by atoms with Crippen molar-refractivity contribution in [2.24, 2.45) is 0 Å². The van der Waals surface area contributed by atoms with Gasteiger partial charge in [-0.1, -0.05) is 48.5 Å². The predicted molar refractivity (Wildman–Crippen MR) is 104 cm³/mol. The van der Waals surface area contributed by atoms with Crippen LogP contribution in [0.5, 0.6) is 5.75 Å². The van der Waals surface area contributed by atoms with Crippen LogP contribution in [-0.4, -0.2) is 18.4 Å². The van der Waals surface area contributed by atoms with Crippen LogP contribution < -0.4 is 15.0 Å². The first kappa shape index (κ1) is 16.8. The molecule has 0 spiro atoms. The summed E-state index contributed by atoms with van der Waals surface area (Å²) in [5.74, 6) is 0.314. The number of benzene rings is 3. The highest BCUT2D eigenvalue weighted by Crippen LogP contribution is 2.35. The Hall–Kier alpha value is -3.60. The number of amides is 2. The number of ether oxygens (including phenoxy) is 1. The highest BCUT2D eigenvalue weighted by Gasteiger charge is 2.26. The summed E-state index contributed by atoms with van der Waals surface area (Å²) in [7, 11) is 0. The average Bonchev–Trinajstić information content (AvgIpc) is 2.72. The number of anilines is 2. The summed E-state index contributed by atoms with van der Waals surface area (Å²) in [5.41, 5.74) is 2.86. The molecule has 2 amide bonds. The van der Waals surface area contributed by atoms with Gasteiger partial charge >= 0.3 is 0 Å². The lowest BCUT2D eigenvalue weighted by Crippen LogP contribution is -2.38. The Bertz CT molecular complexity index is 971. The number of rotatable bonds is 4. The first-order valence-corrected chi connectivity index (χ1v) is 8.68. The van der Waals surface area contributed by atoms with Gasteiger partial charge in [0, 0.05) is 11.3 Å². The first-order valence-electron chi connectivity index (χ1n) is 8.68. The maximum absolute atomic E-state index is 12.4. The molecular weight excluding hydrogens is 340 g/mol. The molecule has 5 heteroatoms. The van der Waals surface area contributed by atoms with Crippen LogP contribution >= 0.6 is 0 Å². The topological polar surface area (TPSA) is 58.6 Å². The molecule has 0 saturated heterocycles. The fourth-order valence-electron chi connectivity index (χ4n) is 3.01. The summed E-state index contributed by atoms with van der Waals surface area (Å²) in [6.07, 6.45) is 0. The van der Waals surface area contributed by atoms with Crippen LogP contribution in [0.25, 0.3) is 0 Å². The lowest BCUT2D eigenvalue weighted by molar-refractivity contribution is -0.121. The standard InChI is InChI=1S/C22H18N2O3/c25-21-15-27-20-12-11-18(23-22(26)17-9-5-2-6-10-17)13-19(20)24(21)14-16-7-3-1-4-8-16/h1-13H,14-15H2,(H,23,26). The molecule has 0 atom stereocenters. The van der Waals surface area contributed by atoms with Gasteiger partial charge in [-0.25, -0.2) is 0 Å². The van der Waals surface area contributed by atoms with Gasteiger partial charge < -0.3 is 15.0 Å². The molecular formula is C22H18N2O3. The number of hydrogen-bond acceptors (Lipinski definition) is 3. The maximum atomic E-state index is 12.4. The smallest absolute Gasteiger partial charge is 0.265 e. The zero-order valence-electron chi connectivity index (χ0n) is 14.6. The molecule has 0 fully saturated rings. The minimum Gasteiger partial charge on any atom is -0.482 e. The van der Waals surface area contributed by atoms with Gasteiger partial charge in [-0.05, 0) is 35.9 Å². The van der Waals surface area contributed by atoms with Crippen LogP contribution in [-0.2, 0) is 11.3 Å². The van der Waals surface area contributed by atoms with Crippen molar-refractivity contribution in [1.82, 2.24) is 0 Å². The number of nitrogens with one attached hydrogen (secondary N) is 1. The molecule has 0 aromatic heterocycles. The molecule has 0 radical (unpaired) electrons. The third kappa shape index (κ3) is 3.67. The summed E-state index contributed by atoms with van der Waals surface area (Å²) < 4.78 is 5.54. The van der Waals surface area contributed by atoms with Gasteiger partial charge in [0.05, 0.1) is 12.2 Å². The van der Waals surface area contributed by atoms with E-state index in [0.29, 0.717) is 29.2 Å². The Morgan fingerprint density at radius 3 is 2.41 bits per heavy atom. The van der Waals surface area contributed by atoms with Crippen LogP contribution in [0.15, 0.2) is 78.9 Å². The van der Waals surface area contributed by atoms with Gasteiger partial charge in [0.1, 0.15) is 5.75 Å². The van der Waals surface area contributed by atoms with E-state index in [9.17, 15) is 9.59 Å². The van der Waals surface area contributed by atoms with Gasteiger partial charge in [-0.2, -0.15) is 0 Å². The van der Waals surface area contributed by atoms with E-state index in [1.807, 2.05) is 48.5 Å². The molecule has 0 unspecified atom stereocenters. The Morgan fingerprint density at radius 1 is 0.963 bits per heavy atom. The van der Waals surface area contributed by atoms with Crippen molar-refractivity contribution in [3.63, 3.8) is 0 Å². The van der Waals surface area contributed by atoms with Gasteiger partial charge in [-0.15, -0.1) is 0 Å². The van der Waals surface area contributed by atoms with Crippen LogP contribution in [0.4, 0.5) is 11.4 Å². The SMILES string of the molecule is O=C(Nc1ccc2c(c1)N(Cc1ccccc1)C(=O)CO2)c1ccccc1. The summed E-state index contributed by atoms with van der Waals surface area (Å²) in [6.45, 7) is 0.460. The van der Waals surface area contributed by atoms with Crippen LogP contribution in [0.2, 0.25) is 0 Å². The lowest BCUT2D eigenvalue weighted by Gasteiger charge is -2.30. The Labute approximate surface area is 157 Å². The number of carbonyl (C=O) groups is 2. The van der Waals surface area contributed by atoms with E-state index in [0.717, 1.165) is 5.56 Å². The van der Waals surface area contributed by atoms with Gasteiger partial charge in [-0.3, -0.25) is 9.59 Å². The molecule has 1 aliphatic rings. The van der Waals surface area contributed by atoms with Crippen molar-refractivity contribution < 1.29 is 14.3 Å². The Kier molecular flexibility index (Phi) is 4.58. The second-order valence-electron chi connectivity index (χ2n) is 6.26. The van der Waals surface area contributed by atoms with E-state index >= 15 is 0 Å². The van der Waals surface area contributed by atoms with Gasteiger partial charge in [0.25, 0.3) is 11.8 Å². The van der Waals surface area contributed by atoms with E-state index in [-0.39, 0.29) is 18.4 Å². The summed E-state index contributed by atoms with van der Waals surface area (Å²) in [4.78, 5) is 26.5. The van der Waals surface area contributed by atoms with Crippen LogP contribution in [0.1, 0.15) is 15.9 Å². The van der Waals surface area contributed by atoms with E-state index in [1.165, 1.54) is 0 Å². The molecule has 0 aliphatic carbocycles. The lowest BCUT2D eigenvalue weighted by atomic mass is 10.1. The normalized spacial score (nSPS) is 12.9. The van der Waals surface area contributed by atoms with E-state index in [4.69, 9.17) is 4.74 Å². The number of fused-ring (bicyclic) bond motifs is 1. The maximum Gasteiger partial charge on any atom is 0.265 e. The fraction of sp³-hybridized carbons (Fsp3) is 0.0909. The highest BCUT2D eigenvalue weighted by molar-refractivity contribution is 6.05. The first-order chi connectivity index (χ1) is 13.2. The minimum atomic E-state index is -0.201. The zero-order valence-corrected chi connectivity index (χ0v) is 14.6. The van der Waals surface area contributed by atoms with Crippen LogP contribution in [0.3, 0.4) is 0 Å². The Morgan fingerprint density at radius 2 is 1.67 bits per heavy atom. The van der Waals surface area contributed by atoms with E-state index in [1.54, 1.807) is 35.2 Å². The number of hydrogen-bond donors (Lipinski definition) is 1. The minimum absolute atomic E-state index is 0.00948. The van der Waals surface area contributed by atoms with E-state index < -0.39 is 0 Å². The molecule has 1 aliphatic heterocycles. The average molecular weight is 358 g/mol. The molecule has 27 heavy (non-hydrogen) atoms. The number of carbonyl (C=O) groups excluding carboxylic acids is 2. The van der Waals surface area contributed by atoms with Crippen molar-refractivity contribution in [2.75, 3.05) is 16.8 Å². The third-order valence-corrected chi connectivity index (χ3v) is 4.38. The highest BCUT2D eigenvalue weighted by atomic mass is 16.5. The quantitative estimate of drug-likeness (QED) is 0.770. The molecule has 4 rings (SSSR count). The van der Waals surface area contributed by atoms with Crippen molar-refractivity contribution in [3.8, 4) is 5.75 Å². The predicted octanol–water partition coefficient (Wildman–Crippen LogP) is 3.86. The van der Waals surface area contributed by atoms with Crippen LogP contribution in [0, 0.1) is 0 Å². The van der Waals surface area contributed by atoms with E-state index in [2.05, 4.69) is 5.32 Å². The molecule has 0 bridgehead atoms. The zero-order chi connectivity index (χ0) is 18.6. The Balaban J connectivity index is 1.61. The molecule has 1 heterocycles. The van der Waals surface area contributed by atoms with Crippen molar-refractivity contribution >= 4 is 23.2 Å². The van der Waals surface area contributed by atoms with Gasteiger partial charge in [0.2, 0.25) is 0 Å². The molecule has 134 valence electrons. The van der Waals surface area contributed by atoms with Crippen molar-refractivity contribution in [3.05, 3.63) is 90.0 Å². The molecule has 0 saturated carbocycles. The monoisotopic (exact) mass is 358 g/mol. The summed E-state index contributed by atoms with van der Waals surface area (Å²) >= 11 is 0. The number of nitrogens with zero attached hydrogens (tertiary/aromatic N) is 1. The third-order valence-electron chi connectivity index (χ3n) is 4.38.